The van der Waals surface area contributed by atoms with Gasteiger partial charge in [-0.3, -0.25) is 0 Å². The van der Waals surface area contributed by atoms with Crippen LogP contribution in [0, 0.1) is 18.2 Å². The highest BCUT2D eigenvalue weighted by molar-refractivity contribution is 5.96. The molecule has 2 aromatic carbocycles. The standard InChI is InChI=1S/C27H28F4N4/c1-15(17-6-4-9-21(23(17)28)27(29,30)31)32-25-20-12-22(35-13-26(14-35)10-5-11-26)18-7-3-8-19(18)24(20)33-16(2)34-25/h4,6,9,12,15H,3,5,7-8,10-11,13-14H2,1-2H3,(H,32,33,34)/t15-/m1/s1. The third-order valence-electron chi connectivity index (χ3n) is 8.11. The van der Waals surface area contributed by atoms with E-state index in [2.05, 4.69) is 21.3 Å². The first kappa shape index (κ1) is 22.6. The van der Waals surface area contributed by atoms with Crippen molar-refractivity contribution in [3.05, 3.63) is 58.2 Å². The molecule has 0 amide bonds. The molecule has 4 nitrogen and oxygen atoms in total. The summed E-state index contributed by atoms with van der Waals surface area (Å²) in [6, 6.07) is 4.83. The lowest BCUT2D eigenvalue weighted by atomic mass is 9.63. The summed E-state index contributed by atoms with van der Waals surface area (Å²) < 4.78 is 54.6. The zero-order valence-electron chi connectivity index (χ0n) is 19.9. The summed E-state index contributed by atoms with van der Waals surface area (Å²) in [5.41, 5.74) is 3.94. The van der Waals surface area contributed by atoms with Crippen LogP contribution in [0.25, 0.3) is 10.9 Å². The zero-order valence-corrected chi connectivity index (χ0v) is 19.9. The summed E-state index contributed by atoms with van der Waals surface area (Å²) in [6.07, 6.45) is 2.23. The van der Waals surface area contributed by atoms with E-state index in [1.165, 1.54) is 48.2 Å². The van der Waals surface area contributed by atoms with E-state index in [0.717, 1.165) is 49.3 Å². The van der Waals surface area contributed by atoms with Crippen molar-refractivity contribution in [1.82, 2.24) is 9.97 Å². The molecule has 2 fully saturated rings. The number of aryl methyl sites for hydroxylation is 2. The summed E-state index contributed by atoms with van der Waals surface area (Å²) in [5.74, 6) is -0.134. The number of hydrogen-bond acceptors (Lipinski definition) is 4. The summed E-state index contributed by atoms with van der Waals surface area (Å²) in [4.78, 5) is 11.8. The van der Waals surface area contributed by atoms with Gasteiger partial charge in [-0.2, -0.15) is 13.2 Å². The predicted molar refractivity (Wildman–Crippen MR) is 128 cm³/mol. The Morgan fingerprint density at radius 1 is 1.06 bits per heavy atom. The molecule has 2 heterocycles. The van der Waals surface area contributed by atoms with E-state index in [1.807, 2.05) is 6.92 Å². The first-order valence-electron chi connectivity index (χ1n) is 12.4. The van der Waals surface area contributed by atoms with Crippen LogP contribution in [0.15, 0.2) is 24.3 Å². The largest absolute Gasteiger partial charge is 0.419 e. The Kier molecular flexibility index (Phi) is 5.03. The van der Waals surface area contributed by atoms with E-state index in [4.69, 9.17) is 4.98 Å². The Morgan fingerprint density at radius 2 is 1.80 bits per heavy atom. The second kappa shape index (κ2) is 7.80. The number of nitrogens with zero attached hydrogens (tertiary/aromatic N) is 3. The van der Waals surface area contributed by atoms with Crippen molar-refractivity contribution in [3.63, 3.8) is 0 Å². The van der Waals surface area contributed by atoms with Crippen LogP contribution in [0.1, 0.15) is 66.7 Å². The molecule has 184 valence electrons. The van der Waals surface area contributed by atoms with Crippen molar-refractivity contribution in [1.29, 1.82) is 0 Å². The molecule has 1 saturated carbocycles. The molecule has 0 bridgehead atoms. The van der Waals surface area contributed by atoms with E-state index in [9.17, 15) is 17.6 Å². The fourth-order valence-electron chi connectivity index (χ4n) is 6.16. The predicted octanol–water partition coefficient (Wildman–Crippen LogP) is 6.75. The third kappa shape index (κ3) is 3.64. The van der Waals surface area contributed by atoms with Crippen LogP contribution in [-0.2, 0) is 19.0 Å². The van der Waals surface area contributed by atoms with Crippen molar-refractivity contribution < 1.29 is 17.6 Å². The van der Waals surface area contributed by atoms with Gasteiger partial charge in [0.05, 0.1) is 17.1 Å². The van der Waals surface area contributed by atoms with Crippen LogP contribution < -0.4 is 10.2 Å². The molecule has 1 N–H and O–H groups in total. The van der Waals surface area contributed by atoms with Gasteiger partial charge in [-0.25, -0.2) is 14.4 Å². The van der Waals surface area contributed by atoms with Gasteiger partial charge >= 0.3 is 6.18 Å². The normalized spacial score (nSPS) is 19.4. The second-order valence-corrected chi connectivity index (χ2v) is 10.5. The number of anilines is 2. The summed E-state index contributed by atoms with van der Waals surface area (Å²) in [6.45, 7) is 5.62. The number of rotatable bonds is 4. The maximum atomic E-state index is 14.8. The maximum absolute atomic E-state index is 14.8. The van der Waals surface area contributed by atoms with Crippen LogP contribution in [0.5, 0.6) is 0 Å². The highest BCUT2D eigenvalue weighted by atomic mass is 19.4. The second-order valence-electron chi connectivity index (χ2n) is 10.5. The molecule has 1 aliphatic heterocycles. The Hall–Kier alpha value is -2.90. The third-order valence-corrected chi connectivity index (χ3v) is 8.11. The number of hydrogen-bond donors (Lipinski definition) is 1. The van der Waals surface area contributed by atoms with Crippen molar-refractivity contribution in [3.8, 4) is 0 Å². The van der Waals surface area contributed by atoms with E-state index < -0.39 is 23.6 Å². The fraction of sp³-hybridized carbons (Fsp3) is 0.481. The van der Waals surface area contributed by atoms with Gasteiger partial charge in [0.15, 0.2) is 0 Å². The van der Waals surface area contributed by atoms with Gasteiger partial charge in [-0.1, -0.05) is 18.6 Å². The lowest BCUT2D eigenvalue weighted by Crippen LogP contribution is -2.60. The lowest BCUT2D eigenvalue weighted by molar-refractivity contribution is -0.140. The molecular formula is C27H28F4N4. The monoisotopic (exact) mass is 484 g/mol. The van der Waals surface area contributed by atoms with Crippen LogP contribution in [0.2, 0.25) is 0 Å². The van der Waals surface area contributed by atoms with Gasteiger partial charge < -0.3 is 10.2 Å². The van der Waals surface area contributed by atoms with Crippen LogP contribution in [-0.4, -0.2) is 23.1 Å². The smallest absolute Gasteiger partial charge is 0.370 e. The molecule has 8 heteroatoms. The number of aromatic nitrogens is 2. The van der Waals surface area contributed by atoms with Crippen molar-refractivity contribution in [2.45, 2.75) is 64.6 Å². The van der Waals surface area contributed by atoms with Gasteiger partial charge in [0.1, 0.15) is 17.5 Å². The zero-order chi connectivity index (χ0) is 24.5. The van der Waals surface area contributed by atoms with E-state index >= 15 is 0 Å². The van der Waals surface area contributed by atoms with Crippen molar-refractivity contribution in [2.24, 2.45) is 5.41 Å². The maximum Gasteiger partial charge on any atom is 0.419 e. The average molecular weight is 485 g/mol. The van der Waals surface area contributed by atoms with Crippen LogP contribution in [0.3, 0.4) is 0 Å². The SMILES string of the molecule is Cc1nc(N[C@H](C)c2cccc(C(F)(F)F)c2F)c2cc(N3CC4(CCC4)C3)c3c(c2n1)CCC3. The van der Waals surface area contributed by atoms with Gasteiger partial charge in [0.2, 0.25) is 0 Å². The van der Waals surface area contributed by atoms with Crippen molar-refractivity contribution >= 4 is 22.4 Å². The number of alkyl halides is 3. The van der Waals surface area contributed by atoms with Crippen molar-refractivity contribution in [2.75, 3.05) is 23.3 Å². The number of fused-ring (bicyclic) bond motifs is 3. The van der Waals surface area contributed by atoms with Gasteiger partial charge in [-0.15, -0.1) is 0 Å². The summed E-state index contributed by atoms with van der Waals surface area (Å²) in [7, 11) is 0. The Bertz CT molecular complexity index is 1320. The molecule has 2 aliphatic carbocycles. The topological polar surface area (TPSA) is 41.1 Å². The number of benzene rings is 2. The molecule has 1 saturated heterocycles. The number of halogens is 4. The first-order chi connectivity index (χ1) is 16.7. The van der Waals surface area contributed by atoms with Crippen LogP contribution >= 0.6 is 0 Å². The molecule has 35 heavy (non-hydrogen) atoms. The minimum Gasteiger partial charge on any atom is -0.370 e. The highest BCUT2D eigenvalue weighted by Crippen LogP contribution is 2.51. The average Bonchev–Trinajstić information content (AvgIpc) is 3.22. The quantitative estimate of drug-likeness (QED) is 0.416. The molecule has 1 spiro atoms. The first-order valence-corrected chi connectivity index (χ1v) is 12.4. The van der Waals surface area contributed by atoms with E-state index in [0.29, 0.717) is 17.1 Å². The lowest BCUT2D eigenvalue weighted by Gasteiger charge is -2.57. The Morgan fingerprint density at radius 3 is 2.49 bits per heavy atom. The number of nitrogens with one attached hydrogen (secondary N) is 1. The minimum absolute atomic E-state index is 0.0414. The highest BCUT2D eigenvalue weighted by Gasteiger charge is 2.48. The molecule has 1 aromatic heterocycles. The molecular weight excluding hydrogens is 456 g/mol. The Balaban J connectivity index is 1.40. The molecule has 3 aromatic rings. The molecule has 1 atom stereocenters. The summed E-state index contributed by atoms with van der Waals surface area (Å²) in [5, 5.41) is 4.06. The Labute approximate surface area is 201 Å². The van der Waals surface area contributed by atoms with Gasteiger partial charge in [0.25, 0.3) is 0 Å². The molecule has 0 unspecified atom stereocenters. The van der Waals surface area contributed by atoms with E-state index in [-0.39, 0.29) is 5.56 Å². The molecule has 6 rings (SSSR count). The van der Waals surface area contributed by atoms with Crippen LogP contribution in [0.4, 0.5) is 29.1 Å². The fourth-order valence-corrected chi connectivity index (χ4v) is 6.16. The minimum atomic E-state index is -4.75. The molecule has 0 radical (unpaired) electrons. The van der Waals surface area contributed by atoms with Gasteiger partial charge in [0, 0.05) is 35.1 Å². The van der Waals surface area contributed by atoms with E-state index in [1.54, 1.807) is 6.92 Å². The van der Waals surface area contributed by atoms with Gasteiger partial charge in [-0.05, 0) is 69.2 Å². The molecule has 3 aliphatic rings. The summed E-state index contributed by atoms with van der Waals surface area (Å²) >= 11 is 0.